The molecule has 0 unspecified atom stereocenters. The first-order valence-electron chi connectivity index (χ1n) is 8.89. The van der Waals surface area contributed by atoms with Crippen LogP contribution in [0.15, 0.2) is 30.3 Å². The molecule has 2 atom stereocenters. The van der Waals surface area contributed by atoms with Crippen LogP contribution in [0.1, 0.15) is 38.8 Å². The van der Waals surface area contributed by atoms with E-state index >= 15 is 0 Å². The Kier molecular flexibility index (Phi) is 6.92. The molecule has 1 aromatic carbocycles. The van der Waals surface area contributed by atoms with Crippen molar-refractivity contribution < 1.29 is 23.9 Å². The van der Waals surface area contributed by atoms with Crippen molar-refractivity contribution >= 4 is 23.8 Å². The zero-order valence-electron chi connectivity index (χ0n) is 15.7. The molecule has 4 amide bonds. The molecule has 0 spiro atoms. The van der Waals surface area contributed by atoms with Gasteiger partial charge in [0.15, 0.2) is 6.61 Å². The van der Waals surface area contributed by atoms with Crippen LogP contribution >= 0.6 is 0 Å². The van der Waals surface area contributed by atoms with Crippen molar-refractivity contribution in [2.45, 2.75) is 39.3 Å². The van der Waals surface area contributed by atoms with Gasteiger partial charge in [-0.05, 0) is 26.3 Å². The van der Waals surface area contributed by atoms with E-state index in [1.165, 1.54) is 0 Å². The highest BCUT2D eigenvalue weighted by Crippen LogP contribution is 2.28. The molecule has 0 bridgehead atoms. The van der Waals surface area contributed by atoms with Crippen LogP contribution in [-0.4, -0.2) is 47.9 Å². The zero-order valence-corrected chi connectivity index (χ0v) is 15.7. The molecule has 2 rings (SSSR count). The van der Waals surface area contributed by atoms with Crippen LogP contribution < -0.4 is 10.6 Å². The lowest BCUT2D eigenvalue weighted by Gasteiger charge is -2.25. The van der Waals surface area contributed by atoms with Gasteiger partial charge in [0.05, 0.1) is 12.0 Å². The van der Waals surface area contributed by atoms with Gasteiger partial charge in [-0.15, -0.1) is 0 Å². The summed E-state index contributed by atoms with van der Waals surface area (Å²) < 4.78 is 4.97. The topological polar surface area (TPSA) is 105 Å². The average Bonchev–Trinajstić information content (AvgIpc) is 3.00. The fourth-order valence-electron chi connectivity index (χ4n) is 2.89. The zero-order chi connectivity index (χ0) is 20.0. The Labute approximate surface area is 158 Å². The number of imide groups is 1. The minimum atomic E-state index is -0.722. The van der Waals surface area contributed by atoms with E-state index in [-0.39, 0.29) is 31.0 Å². The minimum absolute atomic E-state index is 0.0471. The lowest BCUT2D eigenvalue weighted by Crippen LogP contribution is -2.44. The maximum atomic E-state index is 12.3. The Morgan fingerprint density at radius 2 is 1.85 bits per heavy atom. The molecule has 146 valence electrons. The van der Waals surface area contributed by atoms with E-state index in [9.17, 15) is 19.2 Å². The molecule has 0 aliphatic carbocycles. The summed E-state index contributed by atoms with van der Waals surface area (Å²) in [4.78, 5) is 49.2. The molecule has 2 N–H and O–H groups in total. The van der Waals surface area contributed by atoms with Gasteiger partial charge in [-0.25, -0.2) is 4.79 Å². The van der Waals surface area contributed by atoms with Gasteiger partial charge in [-0.2, -0.15) is 0 Å². The van der Waals surface area contributed by atoms with Crippen LogP contribution in [0.5, 0.6) is 0 Å². The maximum Gasteiger partial charge on any atom is 0.321 e. The second kappa shape index (κ2) is 9.16. The van der Waals surface area contributed by atoms with Gasteiger partial charge in [0.2, 0.25) is 5.91 Å². The van der Waals surface area contributed by atoms with Crippen molar-refractivity contribution in [2.75, 3.05) is 13.2 Å². The predicted octanol–water partition coefficient (Wildman–Crippen LogP) is 1.37. The second-order valence-electron chi connectivity index (χ2n) is 6.82. The third-order valence-corrected chi connectivity index (χ3v) is 4.26. The van der Waals surface area contributed by atoms with E-state index < -0.39 is 30.4 Å². The number of carbonyl (C=O) groups is 4. The monoisotopic (exact) mass is 375 g/mol. The number of esters is 1. The van der Waals surface area contributed by atoms with Crippen LogP contribution in [0.25, 0.3) is 0 Å². The highest BCUT2D eigenvalue weighted by atomic mass is 16.5. The number of hydrogen-bond acceptors (Lipinski definition) is 5. The SMILES string of the molecule is CC(C)NC(=O)NC(=O)COC(=O)[C@H]1CC(=O)N([C@@H](C)c2ccccc2)C1. The van der Waals surface area contributed by atoms with E-state index in [0.717, 1.165) is 5.56 Å². The van der Waals surface area contributed by atoms with Gasteiger partial charge in [-0.1, -0.05) is 30.3 Å². The maximum absolute atomic E-state index is 12.3. The van der Waals surface area contributed by atoms with Crippen LogP contribution in [0.4, 0.5) is 4.79 Å². The highest BCUT2D eigenvalue weighted by molar-refractivity contribution is 5.96. The Morgan fingerprint density at radius 1 is 1.19 bits per heavy atom. The van der Waals surface area contributed by atoms with Crippen molar-refractivity contribution in [3.8, 4) is 0 Å². The molecule has 1 aliphatic rings. The van der Waals surface area contributed by atoms with Gasteiger partial charge in [-0.3, -0.25) is 19.7 Å². The van der Waals surface area contributed by atoms with E-state index in [1.807, 2.05) is 37.3 Å². The second-order valence-corrected chi connectivity index (χ2v) is 6.82. The summed E-state index contributed by atoms with van der Waals surface area (Å²) in [7, 11) is 0. The average molecular weight is 375 g/mol. The molecule has 0 aromatic heterocycles. The van der Waals surface area contributed by atoms with Gasteiger partial charge in [0.1, 0.15) is 0 Å². The van der Waals surface area contributed by atoms with Gasteiger partial charge < -0.3 is 15.0 Å². The van der Waals surface area contributed by atoms with E-state index in [2.05, 4.69) is 10.6 Å². The highest BCUT2D eigenvalue weighted by Gasteiger charge is 2.38. The number of amides is 4. The number of hydrogen-bond donors (Lipinski definition) is 2. The fourth-order valence-corrected chi connectivity index (χ4v) is 2.89. The number of carbonyl (C=O) groups excluding carboxylic acids is 4. The first-order chi connectivity index (χ1) is 12.8. The number of nitrogens with zero attached hydrogens (tertiary/aromatic N) is 1. The van der Waals surface area contributed by atoms with Crippen LogP contribution in [0, 0.1) is 5.92 Å². The van der Waals surface area contributed by atoms with E-state index in [4.69, 9.17) is 4.74 Å². The Balaban J connectivity index is 1.83. The molecule has 1 aliphatic heterocycles. The summed E-state index contributed by atoms with van der Waals surface area (Å²) in [5.74, 6) is -2.10. The lowest BCUT2D eigenvalue weighted by atomic mass is 10.1. The van der Waals surface area contributed by atoms with Gasteiger partial charge in [0, 0.05) is 19.0 Å². The summed E-state index contributed by atoms with van der Waals surface area (Å²) in [6.07, 6.45) is 0.0471. The number of likely N-dealkylation sites (tertiary alicyclic amines) is 1. The molecule has 8 nitrogen and oxygen atoms in total. The molecule has 1 saturated heterocycles. The summed E-state index contributed by atoms with van der Waals surface area (Å²) in [6, 6.07) is 8.62. The summed E-state index contributed by atoms with van der Waals surface area (Å²) in [6.45, 7) is 5.08. The molecule has 1 aromatic rings. The number of ether oxygens (including phenoxy) is 1. The predicted molar refractivity (Wildman–Crippen MR) is 97.4 cm³/mol. The van der Waals surface area contributed by atoms with Crippen molar-refractivity contribution in [3.63, 3.8) is 0 Å². The Bertz CT molecular complexity index is 705. The van der Waals surface area contributed by atoms with Crippen LogP contribution in [0.2, 0.25) is 0 Å². The largest absolute Gasteiger partial charge is 0.455 e. The molecular formula is C19H25N3O5. The normalized spacial score (nSPS) is 17.6. The first-order valence-corrected chi connectivity index (χ1v) is 8.89. The minimum Gasteiger partial charge on any atom is -0.455 e. The summed E-state index contributed by atoms with van der Waals surface area (Å²) in [5, 5.41) is 4.56. The van der Waals surface area contributed by atoms with Crippen LogP contribution in [0.3, 0.4) is 0 Å². The lowest BCUT2D eigenvalue weighted by molar-refractivity contribution is -0.152. The van der Waals surface area contributed by atoms with E-state index in [1.54, 1.807) is 18.7 Å². The fraction of sp³-hybridized carbons (Fsp3) is 0.474. The molecule has 1 fully saturated rings. The number of rotatable bonds is 6. The first kappa shape index (κ1) is 20.4. The Morgan fingerprint density at radius 3 is 2.48 bits per heavy atom. The quantitative estimate of drug-likeness (QED) is 0.731. The molecule has 1 heterocycles. The number of nitrogens with one attached hydrogen (secondary N) is 2. The molecule has 0 saturated carbocycles. The third kappa shape index (κ3) is 5.80. The van der Waals surface area contributed by atoms with Crippen molar-refractivity contribution in [1.29, 1.82) is 0 Å². The summed E-state index contributed by atoms with van der Waals surface area (Å²) >= 11 is 0. The number of urea groups is 1. The van der Waals surface area contributed by atoms with Crippen LogP contribution in [-0.2, 0) is 19.1 Å². The standard InChI is InChI=1S/C19H25N3O5/c1-12(2)20-19(26)21-16(23)11-27-18(25)15-9-17(24)22(10-15)13(3)14-7-5-4-6-8-14/h4-8,12-13,15H,9-11H2,1-3H3,(H2,20,21,23,26)/t13-,15-/m0/s1. The summed E-state index contributed by atoms with van der Waals surface area (Å²) in [5.41, 5.74) is 0.982. The van der Waals surface area contributed by atoms with E-state index in [0.29, 0.717) is 0 Å². The smallest absolute Gasteiger partial charge is 0.321 e. The van der Waals surface area contributed by atoms with Gasteiger partial charge in [0.25, 0.3) is 5.91 Å². The molecular weight excluding hydrogens is 350 g/mol. The van der Waals surface area contributed by atoms with Crippen molar-refractivity contribution in [2.24, 2.45) is 5.92 Å². The third-order valence-electron chi connectivity index (χ3n) is 4.26. The van der Waals surface area contributed by atoms with Crippen molar-refractivity contribution in [1.82, 2.24) is 15.5 Å². The van der Waals surface area contributed by atoms with Crippen molar-refractivity contribution in [3.05, 3.63) is 35.9 Å². The molecule has 8 heteroatoms. The molecule has 27 heavy (non-hydrogen) atoms. The Hall–Kier alpha value is -2.90. The molecule has 0 radical (unpaired) electrons. The number of benzene rings is 1. The van der Waals surface area contributed by atoms with Gasteiger partial charge >= 0.3 is 12.0 Å².